The normalized spacial score (nSPS) is 15.2. The fourth-order valence-corrected chi connectivity index (χ4v) is 4.10. The van der Waals surface area contributed by atoms with Crippen molar-refractivity contribution in [2.45, 2.75) is 0 Å². The fourth-order valence-electron chi connectivity index (χ4n) is 3.92. The van der Waals surface area contributed by atoms with Crippen LogP contribution in [0.5, 0.6) is 0 Å². The molecule has 1 fully saturated rings. The van der Waals surface area contributed by atoms with Gasteiger partial charge in [-0.25, -0.2) is 9.97 Å². The highest BCUT2D eigenvalue weighted by Crippen LogP contribution is 2.35. The van der Waals surface area contributed by atoms with Crippen molar-refractivity contribution in [2.75, 3.05) is 43.9 Å². The molecule has 1 aromatic carbocycles. The van der Waals surface area contributed by atoms with Crippen molar-refractivity contribution >= 4 is 45.8 Å². The Morgan fingerprint density at radius 2 is 1.77 bits per heavy atom. The van der Waals surface area contributed by atoms with Gasteiger partial charge in [-0.3, -0.25) is 9.78 Å². The molecule has 0 spiro atoms. The number of hydrogen-bond donors (Lipinski definition) is 3. The van der Waals surface area contributed by atoms with Gasteiger partial charge in [-0.05, 0) is 37.0 Å². The van der Waals surface area contributed by atoms with E-state index in [2.05, 4.69) is 53.9 Å². The molecule has 10 heteroatoms. The van der Waals surface area contributed by atoms with Crippen LogP contribution in [0.25, 0.3) is 33.2 Å². The third-order valence-corrected chi connectivity index (χ3v) is 5.71. The Kier molecular flexibility index (Phi) is 4.44. The molecule has 4 N–H and O–H groups in total. The summed E-state index contributed by atoms with van der Waals surface area (Å²) in [6.07, 6.45) is 1.47. The number of nitrogens with one attached hydrogen (secondary N) is 2. The second kappa shape index (κ2) is 7.15. The predicted octanol–water partition coefficient (Wildman–Crippen LogP) is 1.92. The van der Waals surface area contributed by atoms with Crippen molar-refractivity contribution in [3.05, 3.63) is 45.7 Å². The van der Waals surface area contributed by atoms with Crippen molar-refractivity contribution in [3.8, 4) is 11.1 Å². The number of anilines is 2. The van der Waals surface area contributed by atoms with E-state index in [9.17, 15) is 4.79 Å². The van der Waals surface area contributed by atoms with Crippen LogP contribution in [0.1, 0.15) is 0 Å². The molecule has 0 unspecified atom stereocenters. The van der Waals surface area contributed by atoms with Crippen LogP contribution in [0, 0.1) is 4.77 Å². The van der Waals surface area contributed by atoms with Crippen molar-refractivity contribution < 1.29 is 0 Å². The van der Waals surface area contributed by atoms with Gasteiger partial charge in [-0.15, -0.1) is 0 Å². The van der Waals surface area contributed by atoms with Crippen LogP contribution in [0.3, 0.4) is 0 Å². The van der Waals surface area contributed by atoms with E-state index in [4.69, 9.17) is 18.0 Å². The van der Waals surface area contributed by atoms with Gasteiger partial charge in [0.15, 0.2) is 11.3 Å². The number of piperazine rings is 1. The Morgan fingerprint density at radius 1 is 1.03 bits per heavy atom. The summed E-state index contributed by atoms with van der Waals surface area (Å²) in [6.45, 7) is 4.02. The topological polar surface area (TPSA) is 120 Å². The van der Waals surface area contributed by atoms with Crippen molar-refractivity contribution in [1.29, 1.82) is 0 Å². The maximum atomic E-state index is 12.8. The number of H-pyrrole nitrogens is 2. The van der Waals surface area contributed by atoms with Crippen LogP contribution in [-0.2, 0) is 0 Å². The van der Waals surface area contributed by atoms with E-state index in [-0.39, 0.29) is 16.0 Å². The van der Waals surface area contributed by atoms with Crippen LogP contribution in [0.2, 0.25) is 0 Å². The maximum Gasteiger partial charge on any atom is 0.261 e. The first-order valence-corrected chi connectivity index (χ1v) is 10.0. The van der Waals surface area contributed by atoms with Gasteiger partial charge in [0.25, 0.3) is 5.56 Å². The lowest BCUT2D eigenvalue weighted by Crippen LogP contribution is -2.44. The van der Waals surface area contributed by atoms with E-state index in [1.54, 1.807) is 0 Å². The van der Waals surface area contributed by atoms with E-state index in [0.29, 0.717) is 27.8 Å². The number of nitrogen functional groups attached to an aromatic ring is 1. The summed E-state index contributed by atoms with van der Waals surface area (Å²) in [7, 11) is 2.13. The molecule has 3 aromatic heterocycles. The van der Waals surface area contributed by atoms with Gasteiger partial charge in [0.2, 0.25) is 4.77 Å². The standard InChI is InChI=1S/C20H20N8OS/c1-27-6-8-28(9-7-27)12-4-2-11(3-5-12)13-14-16(21)22-10-23-17(14)24-18-15(13)19(29)26-20(30)25-18/h2-5,10H,6-9H2,1H3,(H4,21,22,23,24,25,26,29,30). The molecule has 30 heavy (non-hydrogen) atoms. The smallest absolute Gasteiger partial charge is 0.261 e. The van der Waals surface area contributed by atoms with Gasteiger partial charge in [0, 0.05) is 37.4 Å². The van der Waals surface area contributed by atoms with Crippen LogP contribution >= 0.6 is 12.2 Å². The highest BCUT2D eigenvalue weighted by molar-refractivity contribution is 7.71. The first-order chi connectivity index (χ1) is 14.5. The third-order valence-electron chi connectivity index (χ3n) is 5.51. The zero-order chi connectivity index (χ0) is 20.8. The molecule has 5 rings (SSSR count). The summed E-state index contributed by atoms with van der Waals surface area (Å²) in [5, 5.41) is 0.929. The van der Waals surface area contributed by atoms with Crippen LogP contribution < -0.4 is 16.2 Å². The third kappa shape index (κ3) is 3.10. The molecule has 0 aliphatic carbocycles. The van der Waals surface area contributed by atoms with Gasteiger partial charge in [-0.1, -0.05) is 12.1 Å². The molecule has 4 aromatic rings. The monoisotopic (exact) mass is 420 g/mol. The minimum absolute atomic E-state index is 0.0891. The van der Waals surface area contributed by atoms with Crippen LogP contribution in [0.4, 0.5) is 11.5 Å². The number of nitrogens with zero attached hydrogens (tertiary/aromatic N) is 5. The van der Waals surface area contributed by atoms with Crippen molar-refractivity contribution in [2.24, 2.45) is 0 Å². The van der Waals surface area contributed by atoms with E-state index in [1.807, 2.05) is 12.1 Å². The molecule has 152 valence electrons. The van der Waals surface area contributed by atoms with E-state index in [0.717, 1.165) is 37.4 Å². The summed E-state index contributed by atoms with van der Waals surface area (Å²) in [6, 6.07) is 8.13. The van der Waals surface area contributed by atoms with E-state index < -0.39 is 0 Å². The summed E-state index contributed by atoms with van der Waals surface area (Å²) in [5.74, 6) is 0.384. The molecule has 0 amide bonds. The first kappa shape index (κ1) is 18.6. The zero-order valence-corrected chi connectivity index (χ0v) is 17.2. The average molecular weight is 421 g/mol. The number of pyridine rings is 1. The highest BCUT2D eigenvalue weighted by atomic mass is 32.1. The number of fused-ring (bicyclic) bond motifs is 2. The highest BCUT2D eigenvalue weighted by Gasteiger charge is 2.19. The van der Waals surface area contributed by atoms with E-state index >= 15 is 0 Å². The van der Waals surface area contributed by atoms with Gasteiger partial charge in [0.05, 0.1) is 17.1 Å². The quantitative estimate of drug-likeness (QED) is 0.332. The maximum absolute atomic E-state index is 12.8. The van der Waals surface area contributed by atoms with E-state index in [1.165, 1.54) is 6.33 Å². The Morgan fingerprint density at radius 3 is 2.50 bits per heavy atom. The number of aromatic nitrogens is 5. The summed E-state index contributed by atoms with van der Waals surface area (Å²) >= 11 is 5.07. The Hall–Kier alpha value is -3.37. The fraction of sp³-hybridized carbons (Fsp3) is 0.250. The number of aromatic amines is 2. The minimum Gasteiger partial charge on any atom is -0.385 e. The van der Waals surface area contributed by atoms with Gasteiger partial charge in [0.1, 0.15) is 5.82 Å². The zero-order valence-electron chi connectivity index (χ0n) is 16.3. The molecule has 1 aliphatic rings. The molecular formula is C20H20N8OS. The van der Waals surface area contributed by atoms with Gasteiger partial charge >= 0.3 is 0 Å². The van der Waals surface area contributed by atoms with Crippen molar-refractivity contribution in [1.82, 2.24) is 29.8 Å². The lowest BCUT2D eigenvalue weighted by molar-refractivity contribution is 0.313. The largest absolute Gasteiger partial charge is 0.385 e. The molecule has 0 saturated carbocycles. The predicted molar refractivity (Wildman–Crippen MR) is 120 cm³/mol. The summed E-state index contributed by atoms with van der Waals surface area (Å²) in [5.41, 5.74) is 9.17. The molecule has 1 saturated heterocycles. The summed E-state index contributed by atoms with van der Waals surface area (Å²) in [4.78, 5) is 35.9. The minimum atomic E-state index is -0.346. The molecule has 0 bridgehead atoms. The van der Waals surface area contributed by atoms with Gasteiger partial charge in [-0.2, -0.15) is 4.98 Å². The molecule has 4 heterocycles. The Balaban J connectivity index is 1.73. The Labute approximate surface area is 176 Å². The Bertz CT molecular complexity index is 1370. The summed E-state index contributed by atoms with van der Waals surface area (Å²) < 4.78 is 0.0891. The molecular weight excluding hydrogens is 400 g/mol. The number of benzene rings is 1. The average Bonchev–Trinajstić information content (AvgIpc) is 2.73. The number of rotatable bonds is 2. The number of nitrogens with two attached hydrogens (primary N) is 1. The second-order valence-corrected chi connectivity index (χ2v) is 7.80. The second-order valence-electron chi connectivity index (χ2n) is 7.41. The molecule has 9 nitrogen and oxygen atoms in total. The molecule has 0 radical (unpaired) electrons. The van der Waals surface area contributed by atoms with Crippen LogP contribution in [0.15, 0.2) is 35.4 Å². The number of likely N-dealkylation sites (N-methyl/N-ethyl adjacent to an activating group) is 1. The lowest BCUT2D eigenvalue weighted by Gasteiger charge is -2.34. The van der Waals surface area contributed by atoms with Crippen molar-refractivity contribution in [3.63, 3.8) is 0 Å². The number of hydrogen-bond acceptors (Lipinski definition) is 8. The van der Waals surface area contributed by atoms with Crippen LogP contribution in [-0.4, -0.2) is 63.0 Å². The molecule has 0 atom stereocenters. The SMILES string of the molecule is CN1CCN(c2ccc(-c3c4c(N)[nH]cnc4nc4nc(=S)[nH]c(=O)c34)cc2)CC1. The lowest BCUT2D eigenvalue weighted by atomic mass is 9.99. The van der Waals surface area contributed by atoms with Gasteiger partial charge < -0.3 is 20.5 Å². The molecule has 1 aliphatic heterocycles. The first-order valence-electron chi connectivity index (χ1n) is 9.62.